The number of nitrogens with one attached hydrogen (secondary N) is 1. The maximum atomic E-state index is 10.1. The van der Waals surface area contributed by atoms with Gasteiger partial charge in [-0.2, -0.15) is 5.10 Å². The largest absolute Gasteiger partial charge is 0.391 e. The molecule has 0 spiro atoms. The maximum Gasteiger partial charge on any atom is 0.128 e. The zero-order valence-electron chi connectivity index (χ0n) is 14.0. The molecule has 0 bridgehead atoms. The second-order valence-corrected chi connectivity index (χ2v) is 7.01. The fourth-order valence-corrected chi connectivity index (χ4v) is 3.85. The Kier molecular flexibility index (Phi) is 4.24. The summed E-state index contributed by atoms with van der Waals surface area (Å²) in [4.78, 5) is 6.79. The third kappa shape index (κ3) is 3.03. The monoisotopic (exact) mass is 327 g/mol. The van der Waals surface area contributed by atoms with E-state index in [9.17, 15) is 5.11 Å². The summed E-state index contributed by atoms with van der Waals surface area (Å²) in [6.07, 6.45) is 8.45. The molecule has 1 aliphatic carbocycles. The summed E-state index contributed by atoms with van der Waals surface area (Å²) in [5.74, 6) is 1.07. The standard InChI is InChI=1S/C18H25N5O/c1-13-11-20-23(12-13)18-15(10-16(18)24)21-14-5-8-22(9-6-14)17-4-2-3-7-19-17/h2-4,7,11-12,14-16,18,21,24H,5-6,8-10H2,1H3/t15-,16+,18+/m0/s1. The van der Waals surface area contributed by atoms with Gasteiger partial charge < -0.3 is 15.3 Å². The molecule has 6 nitrogen and oxygen atoms in total. The van der Waals surface area contributed by atoms with Gasteiger partial charge in [-0.05, 0) is 43.9 Å². The van der Waals surface area contributed by atoms with E-state index in [1.807, 2.05) is 42.3 Å². The quantitative estimate of drug-likeness (QED) is 0.891. The average Bonchev–Trinajstić information content (AvgIpc) is 3.01. The summed E-state index contributed by atoms with van der Waals surface area (Å²) in [6, 6.07) is 6.95. The van der Waals surface area contributed by atoms with Gasteiger partial charge in [-0.3, -0.25) is 4.68 Å². The molecule has 24 heavy (non-hydrogen) atoms. The summed E-state index contributed by atoms with van der Waals surface area (Å²) in [7, 11) is 0. The van der Waals surface area contributed by atoms with Gasteiger partial charge in [-0.15, -0.1) is 0 Å². The Morgan fingerprint density at radius 3 is 2.71 bits per heavy atom. The molecule has 0 amide bonds. The Morgan fingerprint density at radius 1 is 1.25 bits per heavy atom. The van der Waals surface area contributed by atoms with Crippen molar-refractivity contribution < 1.29 is 5.11 Å². The van der Waals surface area contributed by atoms with Crippen LogP contribution in [0, 0.1) is 6.92 Å². The predicted octanol–water partition coefficient (Wildman–Crippen LogP) is 1.52. The Hall–Kier alpha value is -1.92. The van der Waals surface area contributed by atoms with Crippen LogP contribution < -0.4 is 10.2 Å². The number of rotatable bonds is 4. The van der Waals surface area contributed by atoms with Gasteiger partial charge in [0.25, 0.3) is 0 Å². The smallest absolute Gasteiger partial charge is 0.128 e. The van der Waals surface area contributed by atoms with Crippen LogP contribution in [0.4, 0.5) is 5.82 Å². The first-order valence-electron chi connectivity index (χ1n) is 8.81. The van der Waals surface area contributed by atoms with Crippen LogP contribution in [0.15, 0.2) is 36.8 Å². The number of pyridine rings is 1. The molecule has 0 aromatic carbocycles. The van der Waals surface area contributed by atoms with Crippen molar-refractivity contribution in [3.8, 4) is 0 Å². The summed E-state index contributed by atoms with van der Waals surface area (Å²) >= 11 is 0. The van der Waals surface area contributed by atoms with Gasteiger partial charge in [0.2, 0.25) is 0 Å². The molecule has 128 valence electrons. The average molecular weight is 327 g/mol. The van der Waals surface area contributed by atoms with E-state index in [1.165, 1.54) is 0 Å². The molecule has 2 fully saturated rings. The summed E-state index contributed by atoms with van der Waals surface area (Å²) in [6.45, 7) is 4.08. The van der Waals surface area contributed by atoms with Crippen molar-refractivity contribution in [2.24, 2.45) is 0 Å². The minimum atomic E-state index is -0.296. The number of anilines is 1. The van der Waals surface area contributed by atoms with Crippen LogP contribution in [0.1, 0.15) is 30.9 Å². The Labute approximate surface area is 142 Å². The predicted molar refractivity (Wildman–Crippen MR) is 93.0 cm³/mol. The SMILES string of the molecule is Cc1cnn([C@H]2[C@H](O)C[C@@H]2NC2CCN(c3ccccn3)CC2)c1. The van der Waals surface area contributed by atoms with Crippen LogP contribution in [0.2, 0.25) is 0 Å². The van der Waals surface area contributed by atoms with E-state index in [0.717, 1.165) is 43.7 Å². The lowest BCUT2D eigenvalue weighted by Gasteiger charge is -2.45. The van der Waals surface area contributed by atoms with Gasteiger partial charge in [0.1, 0.15) is 5.82 Å². The first-order chi connectivity index (χ1) is 11.7. The highest BCUT2D eigenvalue weighted by molar-refractivity contribution is 5.38. The van der Waals surface area contributed by atoms with Crippen molar-refractivity contribution in [1.82, 2.24) is 20.1 Å². The highest BCUT2D eigenvalue weighted by atomic mass is 16.3. The van der Waals surface area contributed by atoms with E-state index >= 15 is 0 Å². The highest BCUT2D eigenvalue weighted by Crippen LogP contribution is 2.33. The molecule has 3 atom stereocenters. The molecule has 0 unspecified atom stereocenters. The van der Waals surface area contributed by atoms with Crippen molar-refractivity contribution in [3.05, 3.63) is 42.4 Å². The fraction of sp³-hybridized carbons (Fsp3) is 0.556. The first kappa shape index (κ1) is 15.6. The molecule has 1 saturated heterocycles. The molecule has 3 heterocycles. The van der Waals surface area contributed by atoms with E-state index in [-0.39, 0.29) is 12.1 Å². The van der Waals surface area contributed by atoms with Crippen molar-refractivity contribution in [1.29, 1.82) is 0 Å². The van der Waals surface area contributed by atoms with Crippen LogP contribution in [0.25, 0.3) is 0 Å². The fourth-order valence-electron chi connectivity index (χ4n) is 3.85. The normalized spacial score (nSPS) is 27.9. The van der Waals surface area contributed by atoms with Gasteiger partial charge in [0.05, 0.1) is 18.3 Å². The molecule has 2 aromatic heterocycles. The number of aliphatic hydroxyl groups excluding tert-OH is 1. The molecule has 4 rings (SSSR count). The molecule has 2 N–H and O–H groups in total. The third-order valence-corrected chi connectivity index (χ3v) is 5.26. The lowest BCUT2D eigenvalue weighted by atomic mass is 9.82. The minimum absolute atomic E-state index is 0.0625. The number of aliphatic hydroxyl groups is 1. The second-order valence-electron chi connectivity index (χ2n) is 7.01. The molecule has 1 saturated carbocycles. The lowest BCUT2D eigenvalue weighted by Crippen LogP contribution is -2.58. The van der Waals surface area contributed by atoms with Crippen LogP contribution in [0.3, 0.4) is 0 Å². The summed E-state index contributed by atoms with van der Waals surface area (Å²) < 4.78 is 1.92. The van der Waals surface area contributed by atoms with Gasteiger partial charge in [-0.1, -0.05) is 6.07 Å². The van der Waals surface area contributed by atoms with Crippen LogP contribution >= 0.6 is 0 Å². The van der Waals surface area contributed by atoms with E-state index < -0.39 is 0 Å². The molecular weight excluding hydrogens is 302 g/mol. The van der Waals surface area contributed by atoms with Crippen molar-refractivity contribution >= 4 is 5.82 Å². The Balaban J connectivity index is 1.32. The van der Waals surface area contributed by atoms with Gasteiger partial charge in [0.15, 0.2) is 0 Å². The van der Waals surface area contributed by atoms with Gasteiger partial charge in [-0.25, -0.2) is 4.98 Å². The van der Waals surface area contributed by atoms with Crippen molar-refractivity contribution in [2.45, 2.75) is 50.4 Å². The number of nitrogens with zero attached hydrogens (tertiary/aromatic N) is 4. The molecule has 6 heteroatoms. The molecule has 1 aliphatic heterocycles. The van der Waals surface area contributed by atoms with Gasteiger partial charge in [0, 0.05) is 37.6 Å². The molecule has 2 aromatic rings. The number of aromatic nitrogens is 3. The topological polar surface area (TPSA) is 66.2 Å². The Bertz CT molecular complexity index is 665. The number of hydrogen-bond acceptors (Lipinski definition) is 5. The molecule has 0 radical (unpaired) electrons. The number of aryl methyl sites for hydroxylation is 1. The van der Waals surface area contributed by atoms with Crippen molar-refractivity contribution in [2.75, 3.05) is 18.0 Å². The van der Waals surface area contributed by atoms with Crippen LogP contribution in [0.5, 0.6) is 0 Å². The lowest BCUT2D eigenvalue weighted by molar-refractivity contribution is -0.0126. The Morgan fingerprint density at radius 2 is 2.08 bits per heavy atom. The maximum absolute atomic E-state index is 10.1. The van der Waals surface area contributed by atoms with Gasteiger partial charge >= 0.3 is 0 Å². The van der Waals surface area contributed by atoms with E-state index in [4.69, 9.17) is 0 Å². The van der Waals surface area contributed by atoms with Crippen molar-refractivity contribution in [3.63, 3.8) is 0 Å². The zero-order chi connectivity index (χ0) is 16.5. The summed E-state index contributed by atoms with van der Waals surface area (Å²) in [5.41, 5.74) is 1.14. The van der Waals surface area contributed by atoms with E-state index in [2.05, 4.69) is 26.4 Å². The highest BCUT2D eigenvalue weighted by Gasteiger charge is 2.42. The van der Waals surface area contributed by atoms with Crippen LogP contribution in [-0.4, -0.2) is 51.1 Å². The third-order valence-electron chi connectivity index (χ3n) is 5.26. The first-order valence-corrected chi connectivity index (χ1v) is 8.81. The van der Waals surface area contributed by atoms with Crippen LogP contribution in [-0.2, 0) is 0 Å². The second kappa shape index (κ2) is 6.53. The molecule has 2 aliphatic rings. The molecular formula is C18H25N5O. The summed E-state index contributed by atoms with van der Waals surface area (Å²) in [5, 5.41) is 18.3. The van der Waals surface area contributed by atoms with E-state index in [0.29, 0.717) is 12.1 Å². The number of piperidine rings is 1. The minimum Gasteiger partial charge on any atom is -0.391 e. The zero-order valence-corrected chi connectivity index (χ0v) is 14.0. The van der Waals surface area contributed by atoms with E-state index in [1.54, 1.807) is 0 Å². The number of hydrogen-bond donors (Lipinski definition) is 2.